The Balaban J connectivity index is 1.46. The highest BCUT2D eigenvalue weighted by atomic mass is 15.2. The van der Waals surface area contributed by atoms with E-state index in [0.29, 0.717) is 6.04 Å². The maximum atomic E-state index is 3.60. The molecule has 4 rings (SSSR count). The van der Waals surface area contributed by atoms with Crippen LogP contribution in [0.1, 0.15) is 24.0 Å². The number of rotatable bonds is 4. The van der Waals surface area contributed by atoms with Crippen LogP contribution in [-0.4, -0.2) is 38.8 Å². The van der Waals surface area contributed by atoms with E-state index in [0.717, 1.165) is 26.2 Å². The first-order valence-electron chi connectivity index (χ1n) is 9.68. The van der Waals surface area contributed by atoms with E-state index in [4.69, 9.17) is 0 Å². The van der Waals surface area contributed by atoms with Gasteiger partial charge in [0.15, 0.2) is 0 Å². The number of fused-ring (bicyclic) bond motifs is 1. The van der Waals surface area contributed by atoms with Crippen molar-refractivity contribution in [3.8, 4) is 0 Å². The van der Waals surface area contributed by atoms with Crippen LogP contribution < -0.4 is 15.1 Å². The maximum absolute atomic E-state index is 3.60. The molecular formula is C22H29N3. The molecule has 0 bridgehead atoms. The largest absolute Gasteiger partial charge is 0.371 e. The molecule has 25 heavy (non-hydrogen) atoms. The number of aryl methyl sites for hydroxylation is 2. The first-order chi connectivity index (χ1) is 12.3. The Labute approximate surface area is 151 Å². The number of benzene rings is 2. The second-order valence-corrected chi connectivity index (χ2v) is 7.40. The summed E-state index contributed by atoms with van der Waals surface area (Å²) in [5, 5.41) is 3.60. The number of nitrogens with one attached hydrogen (secondary N) is 1. The van der Waals surface area contributed by atoms with Crippen LogP contribution in [0.25, 0.3) is 0 Å². The highest BCUT2D eigenvalue weighted by Gasteiger charge is 2.24. The molecule has 1 fully saturated rings. The maximum Gasteiger partial charge on any atom is 0.0431 e. The Kier molecular flexibility index (Phi) is 4.93. The van der Waals surface area contributed by atoms with E-state index < -0.39 is 0 Å². The van der Waals surface area contributed by atoms with Gasteiger partial charge in [0.2, 0.25) is 0 Å². The average molecular weight is 335 g/mol. The molecule has 0 amide bonds. The Morgan fingerprint density at radius 3 is 2.92 bits per heavy atom. The summed E-state index contributed by atoms with van der Waals surface area (Å²) in [7, 11) is 0. The number of nitrogens with zero attached hydrogens (tertiary/aromatic N) is 2. The van der Waals surface area contributed by atoms with Crippen molar-refractivity contribution >= 4 is 11.4 Å². The molecule has 0 aromatic heterocycles. The predicted molar refractivity (Wildman–Crippen MR) is 107 cm³/mol. The van der Waals surface area contributed by atoms with Crippen LogP contribution in [0.5, 0.6) is 0 Å². The van der Waals surface area contributed by atoms with Gasteiger partial charge in [-0.3, -0.25) is 0 Å². The molecule has 0 saturated carbocycles. The van der Waals surface area contributed by atoms with Gasteiger partial charge in [0.25, 0.3) is 0 Å². The topological polar surface area (TPSA) is 18.5 Å². The normalized spacial score (nSPS) is 20.4. The van der Waals surface area contributed by atoms with Crippen LogP contribution in [0.3, 0.4) is 0 Å². The third kappa shape index (κ3) is 3.67. The van der Waals surface area contributed by atoms with E-state index in [-0.39, 0.29) is 0 Å². The quantitative estimate of drug-likeness (QED) is 0.921. The van der Waals surface area contributed by atoms with E-state index in [1.165, 1.54) is 48.3 Å². The molecule has 2 aliphatic heterocycles. The molecule has 3 heteroatoms. The van der Waals surface area contributed by atoms with Crippen LogP contribution in [0.2, 0.25) is 0 Å². The summed E-state index contributed by atoms with van der Waals surface area (Å²) in [5.41, 5.74) is 5.70. The molecule has 1 atom stereocenters. The zero-order chi connectivity index (χ0) is 17.1. The van der Waals surface area contributed by atoms with Crippen molar-refractivity contribution in [3.63, 3.8) is 0 Å². The zero-order valence-corrected chi connectivity index (χ0v) is 15.2. The van der Waals surface area contributed by atoms with E-state index in [9.17, 15) is 0 Å². The minimum atomic E-state index is 0.574. The molecule has 2 aromatic carbocycles. The van der Waals surface area contributed by atoms with E-state index in [1.807, 2.05) is 0 Å². The van der Waals surface area contributed by atoms with E-state index in [2.05, 4.69) is 70.6 Å². The highest BCUT2D eigenvalue weighted by molar-refractivity contribution is 5.55. The van der Waals surface area contributed by atoms with Crippen molar-refractivity contribution in [2.45, 2.75) is 32.2 Å². The molecule has 0 aliphatic carbocycles. The second-order valence-electron chi connectivity index (χ2n) is 7.40. The zero-order valence-electron chi connectivity index (χ0n) is 15.2. The lowest BCUT2D eigenvalue weighted by atomic mass is 10.0. The van der Waals surface area contributed by atoms with Crippen molar-refractivity contribution in [1.29, 1.82) is 0 Å². The Morgan fingerprint density at radius 1 is 1.08 bits per heavy atom. The summed E-state index contributed by atoms with van der Waals surface area (Å²) >= 11 is 0. The SMILES string of the molecule is Cc1cccc(N2CCNCC2CCN2CCCc3ccccc32)c1. The minimum Gasteiger partial charge on any atom is -0.371 e. The first kappa shape index (κ1) is 16.5. The summed E-state index contributed by atoms with van der Waals surface area (Å²) < 4.78 is 0. The molecule has 1 saturated heterocycles. The summed E-state index contributed by atoms with van der Waals surface area (Å²) in [4.78, 5) is 5.21. The van der Waals surface area contributed by atoms with Crippen LogP contribution >= 0.6 is 0 Å². The molecule has 0 radical (unpaired) electrons. The van der Waals surface area contributed by atoms with Crippen molar-refractivity contribution in [1.82, 2.24) is 5.32 Å². The lowest BCUT2D eigenvalue weighted by molar-refractivity contribution is 0.451. The number of anilines is 2. The van der Waals surface area contributed by atoms with Gasteiger partial charge in [-0.15, -0.1) is 0 Å². The molecule has 1 unspecified atom stereocenters. The third-order valence-electron chi connectivity index (χ3n) is 5.62. The molecule has 1 N–H and O–H groups in total. The fourth-order valence-electron chi connectivity index (χ4n) is 4.31. The van der Waals surface area contributed by atoms with Gasteiger partial charge >= 0.3 is 0 Å². The smallest absolute Gasteiger partial charge is 0.0431 e. The molecule has 0 spiro atoms. The monoisotopic (exact) mass is 335 g/mol. The molecule has 3 nitrogen and oxygen atoms in total. The van der Waals surface area contributed by atoms with Gasteiger partial charge in [0, 0.05) is 50.1 Å². The van der Waals surface area contributed by atoms with Crippen LogP contribution in [-0.2, 0) is 6.42 Å². The molecule has 2 heterocycles. The number of hydrogen-bond acceptors (Lipinski definition) is 3. The fraction of sp³-hybridized carbons (Fsp3) is 0.455. The van der Waals surface area contributed by atoms with Gasteiger partial charge in [-0.1, -0.05) is 30.3 Å². The van der Waals surface area contributed by atoms with E-state index in [1.54, 1.807) is 0 Å². The molecular weight excluding hydrogens is 306 g/mol. The van der Waals surface area contributed by atoms with Crippen molar-refractivity contribution in [2.24, 2.45) is 0 Å². The molecule has 132 valence electrons. The Bertz CT molecular complexity index is 712. The van der Waals surface area contributed by atoms with Gasteiger partial charge in [-0.25, -0.2) is 0 Å². The van der Waals surface area contributed by atoms with Gasteiger partial charge in [-0.05, 0) is 55.5 Å². The standard InChI is InChI=1S/C22H29N3/c1-18-6-4-9-20(16-18)25-15-12-23-17-21(25)11-14-24-13-5-8-19-7-2-3-10-22(19)24/h2-4,6-7,9-10,16,21,23H,5,8,11-15,17H2,1H3. The van der Waals surface area contributed by atoms with Crippen molar-refractivity contribution in [2.75, 3.05) is 42.5 Å². The third-order valence-corrected chi connectivity index (χ3v) is 5.62. The molecule has 2 aromatic rings. The number of piperazine rings is 1. The van der Waals surface area contributed by atoms with Gasteiger partial charge in [0.1, 0.15) is 0 Å². The first-order valence-corrected chi connectivity index (χ1v) is 9.68. The summed E-state index contributed by atoms with van der Waals surface area (Å²) in [6.07, 6.45) is 3.71. The highest BCUT2D eigenvalue weighted by Crippen LogP contribution is 2.28. The lowest BCUT2D eigenvalue weighted by Gasteiger charge is -2.40. The summed E-state index contributed by atoms with van der Waals surface area (Å²) in [6.45, 7) is 7.80. The van der Waals surface area contributed by atoms with Crippen molar-refractivity contribution < 1.29 is 0 Å². The van der Waals surface area contributed by atoms with E-state index >= 15 is 0 Å². The number of hydrogen-bond donors (Lipinski definition) is 1. The summed E-state index contributed by atoms with van der Waals surface area (Å²) in [6, 6.07) is 18.5. The summed E-state index contributed by atoms with van der Waals surface area (Å²) in [5.74, 6) is 0. The van der Waals surface area contributed by atoms with Crippen LogP contribution in [0, 0.1) is 6.92 Å². The van der Waals surface area contributed by atoms with Crippen LogP contribution in [0.4, 0.5) is 11.4 Å². The Morgan fingerprint density at radius 2 is 2.00 bits per heavy atom. The van der Waals surface area contributed by atoms with Gasteiger partial charge in [-0.2, -0.15) is 0 Å². The second kappa shape index (κ2) is 7.49. The van der Waals surface area contributed by atoms with Gasteiger partial charge < -0.3 is 15.1 Å². The fourth-order valence-corrected chi connectivity index (χ4v) is 4.31. The van der Waals surface area contributed by atoms with Gasteiger partial charge in [0.05, 0.1) is 0 Å². The minimum absolute atomic E-state index is 0.574. The molecule has 2 aliphatic rings. The van der Waals surface area contributed by atoms with Crippen molar-refractivity contribution in [3.05, 3.63) is 59.7 Å². The van der Waals surface area contributed by atoms with Crippen LogP contribution in [0.15, 0.2) is 48.5 Å². The average Bonchev–Trinajstić information content (AvgIpc) is 2.66. The predicted octanol–water partition coefficient (Wildman–Crippen LogP) is 3.62. The number of para-hydroxylation sites is 1. The Hall–Kier alpha value is -2.00. The lowest BCUT2D eigenvalue weighted by Crippen LogP contribution is -2.52.